The van der Waals surface area contributed by atoms with E-state index in [0.29, 0.717) is 24.6 Å². The van der Waals surface area contributed by atoms with Crippen LogP contribution < -0.4 is 15.0 Å². The molecule has 122 valence electrons. The Labute approximate surface area is 135 Å². The number of carbonyl (C=O) groups is 2. The van der Waals surface area contributed by atoms with Gasteiger partial charge in [-0.1, -0.05) is 0 Å². The predicted octanol–water partition coefficient (Wildman–Crippen LogP) is 2.35. The highest BCUT2D eigenvalue weighted by Gasteiger charge is 2.16. The van der Waals surface area contributed by atoms with Crippen molar-refractivity contribution in [2.24, 2.45) is 0 Å². The predicted molar refractivity (Wildman–Crippen MR) is 86.2 cm³/mol. The molecule has 1 aromatic carbocycles. The molecule has 0 aliphatic rings. The fourth-order valence-corrected chi connectivity index (χ4v) is 2.07. The van der Waals surface area contributed by atoms with Crippen molar-refractivity contribution >= 4 is 17.5 Å². The lowest BCUT2D eigenvalue weighted by atomic mass is 10.2. The standard InChI is InChI=1S/C17H20N2O4/c1-3-22-15-8-6-14(7-9-15)19(13(2)20)12-17(21)18-11-16-5-4-10-23-16/h4-10H,3,11-12H2,1-2H3,(H,18,21). The normalized spacial score (nSPS) is 10.2. The number of hydrogen-bond donors (Lipinski definition) is 1. The SMILES string of the molecule is CCOc1ccc(N(CC(=O)NCc2ccco2)C(C)=O)cc1. The summed E-state index contributed by atoms with van der Waals surface area (Å²) < 4.78 is 10.5. The maximum absolute atomic E-state index is 12.0. The van der Waals surface area contributed by atoms with Crippen LogP contribution in [0, 0.1) is 0 Å². The van der Waals surface area contributed by atoms with Gasteiger partial charge >= 0.3 is 0 Å². The summed E-state index contributed by atoms with van der Waals surface area (Å²) in [7, 11) is 0. The van der Waals surface area contributed by atoms with Gasteiger partial charge in [-0.05, 0) is 43.3 Å². The van der Waals surface area contributed by atoms with E-state index in [9.17, 15) is 9.59 Å². The smallest absolute Gasteiger partial charge is 0.240 e. The topological polar surface area (TPSA) is 71.8 Å². The third-order valence-electron chi connectivity index (χ3n) is 3.18. The van der Waals surface area contributed by atoms with Gasteiger partial charge in [-0.2, -0.15) is 0 Å². The van der Waals surface area contributed by atoms with E-state index < -0.39 is 0 Å². The molecule has 1 heterocycles. The van der Waals surface area contributed by atoms with Gasteiger partial charge in [0.2, 0.25) is 11.8 Å². The second kappa shape index (κ2) is 8.03. The number of amides is 2. The second-order valence-electron chi connectivity index (χ2n) is 4.89. The van der Waals surface area contributed by atoms with Crippen molar-refractivity contribution in [1.82, 2.24) is 5.32 Å². The van der Waals surface area contributed by atoms with Crippen LogP contribution in [0.25, 0.3) is 0 Å². The number of anilines is 1. The van der Waals surface area contributed by atoms with E-state index >= 15 is 0 Å². The Morgan fingerprint density at radius 3 is 2.52 bits per heavy atom. The molecule has 0 aliphatic carbocycles. The molecule has 0 atom stereocenters. The largest absolute Gasteiger partial charge is 0.494 e. The van der Waals surface area contributed by atoms with E-state index in [1.165, 1.54) is 11.8 Å². The van der Waals surface area contributed by atoms with E-state index in [1.54, 1.807) is 42.7 Å². The number of hydrogen-bond acceptors (Lipinski definition) is 4. The van der Waals surface area contributed by atoms with Gasteiger partial charge in [-0.25, -0.2) is 0 Å². The molecule has 2 amide bonds. The zero-order valence-electron chi connectivity index (χ0n) is 13.2. The van der Waals surface area contributed by atoms with Crippen LogP contribution in [0.5, 0.6) is 5.75 Å². The highest BCUT2D eigenvalue weighted by Crippen LogP contribution is 2.19. The zero-order valence-corrected chi connectivity index (χ0v) is 13.2. The minimum absolute atomic E-state index is 0.0516. The minimum atomic E-state index is -0.259. The molecular formula is C17H20N2O4. The summed E-state index contributed by atoms with van der Waals surface area (Å²) in [5, 5.41) is 2.72. The molecule has 0 spiro atoms. The molecule has 1 N–H and O–H groups in total. The molecule has 0 saturated carbocycles. The first kappa shape index (κ1) is 16.6. The number of furan rings is 1. The monoisotopic (exact) mass is 316 g/mol. The molecule has 0 fully saturated rings. The van der Waals surface area contributed by atoms with Crippen molar-refractivity contribution in [3.05, 3.63) is 48.4 Å². The molecule has 2 rings (SSSR count). The lowest BCUT2D eigenvalue weighted by molar-refractivity contribution is -0.123. The molecule has 0 bridgehead atoms. The van der Waals surface area contributed by atoms with Gasteiger partial charge in [0, 0.05) is 12.6 Å². The zero-order chi connectivity index (χ0) is 16.7. The molecule has 1 aromatic heterocycles. The molecule has 6 nitrogen and oxygen atoms in total. The van der Waals surface area contributed by atoms with Crippen LogP contribution in [-0.4, -0.2) is 25.0 Å². The summed E-state index contributed by atoms with van der Waals surface area (Å²) in [5.41, 5.74) is 0.647. The van der Waals surface area contributed by atoms with Gasteiger partial charge < -0.3 is 19.4 Å². The van der Waals surface area contributed by atoms with Crippen LogP contribution in [0.15, 0.2) is 47.1 Å². The van der Waals surface area contributed by atoms with E-state index in [4.69, 9.17) is 9.15 Å². The molecule has 0 unspecified atom stereocenters. The first-order valence-corrected chi connectivity index (χ1v) is 7.40. The lowest BCUT2D eigenvalue weighted by Crippen LogP contribution is -2.39. The minimum Gasteiger partial charge on any atom is -0.494 e. The highest BCUT2D eigenvalue weighted by molar-refractivity contribution is 5.97. The van der Waals surface area contributed by atoms with Crippen LogP contribution in [-0.2, 0) is 16.1 Å². The third kappa shape index (κ3) is 4.88. The Hall–Kier alpha value is -2.76. The van der Waals surface area contributed by atoms with Crippen molar-refractivity contribution in [1.29, 1.82) is 0 Å². The molecular weight excluding hydrogens is 296 g/mol. The summed E-state index contributed by atoms with van der Waals surface area (Å²) >= 11 is 0. The summed E-state index contributed by atoms with van der Waals surface area (Å²) in [6, 6.07) is 10.6. The van der Waals surface area contributed by atoms with Crippen molar-refractivity contribution in [3.8, 4) is 5.75 Å². The number of nitrogens with zero attached hydrogens (tertiary/aromatic N) is 1. The van der Waals surface area contributed by atoms with Gasteiger partial charge in [0.1, 0.15) is 18.1 Å². The van der Waals surface area contributed by atoms with Crippen LogP contribution in [0.1, 0.15) is 19.6 Å². The lowest BCUT2D eigenvalue weighted by Gasteiger charge is -2.21. The van der Waals surface area contributed by atoms with Crippen LogP contribution in [0.4, 0.5) is 5.69 Å². The van der Waals surface area contributed by atoms with Gasteiger partial charge in [0.25, 0.3) is 0 Å². The Bertz CT molecular complexity index is 635. The van der Waals surface area contributed by atoms with Crippen molar-refractivity contribution in [2.45, 2.75) is 20.4 Å². The molecule has 0 saturated heterocycles. The van der Waals surface area contributed by atoms with E-state index in [0.717, 1.165) is 5.75 Å². The third-order valence-corrected chi connectivity index (χ3v) is 3.18. The summed E-state index contributed by atoms with van der Waals surface area (Å²) in [6.07, 6.45) is 1.54. The summed E-state index contributed by atoms with van der Waals surface area (Å²) in [4.78, 5) is 25.3. The molecule has 23 heavy (non-hydrogen) atoms. The number of rotatable bonds is 7. The fourth-order valence-electron chi connectivity index (χ4n) is 2.07. The highest BCUT2D eigenvalue weighted by atomic mass is 16.5. The Morgan fingerprint density at radius 1 is 1.22 bits per heavy atom. The molecule has 0 radical (unpaired) electrons. The van der Waals surface area contributed by atoms with Gasteiger partial charge in [-0.15, -0.1) is 0 Å². The quantitative estimate of drug-likeness (QED) is 0.851. The average molecular weight is 316 g/mol. The fraction of sp³-hybridized carbons (Fsp3) is 0.294. The van der Waals surface area contributed by atoms with Crippen LogP contribution in [0.3, 0.4) is 0 Å². The number of carbonyl (C=O) groups excluding carboxylic acids is 2. The number of nitrogens with one attached hydrogen (secondary N) is 1. The summed E-state index contributed by atoms with van der Waals surface area (Å²) in [6.45, 7) is 4.14. The number of ether oxygens (including phenoxy) is 1. The van der Waals surface area contributed by atoms with Gasteiger partial charge in [0.05, 0.1) is 19.4 Å². The average Bonchev–Trinajstić information content (AvgIpc) is 3.05. The maximum atomic E-state index is 12.0. The molecule has 0 aliphatic heterocycles. The molecule has 6 heteroatoms. The van der Waals surface area contributed by atoms with Gasteiger partial charge in [-0.3, -0.25) is 9.59 Å². The van der Waals surface area contributed by atoms with Crippen LogP contribution >= 0.6 is 0 Å². The van der Waals surface area contributed by atoms with Gasteiger partial charge in [0.15, 0.2) is 0 Å². The summed E-state index contributed by atoms with van der Waals surface area (Å²) in [5.74, 6) is 0.920. The Kier molecular flexibility index (Phi) is 5.80. The van der Waals surface area contributed by atoms with Crippen molar-refractivity contribution in [3.63, 3.8) is 0 Å². The Balaban J connectivity index is 1.97. The van der Waals surface area contributed by atoms with Crippen molar-refractivity contribution in [2.75, 3.05) is 18.1 Å². The first-order valence-electron chi connectivity index (χ1n) is 7.40. The van der Waals surface area contributed by atoms with Crippen molar-refractivity contribution < 1.29 is 18.7 Å². The van der Waals surface area contributed by atoms with E-state index in [1.807, 2.05) is 6.92 Å². The Morgan fingerprint density at radius 2 is 1.96 bits per heavy atom. The maximum Gasteiger partial charge on any atom is 0.240 e. The second-order valence-corrected chi connectivity index (χ2v) is 4.89. The van der Waals surface area contributed by atoms with E-state index in [-0.39, 0.29) is 18.4 Å². The first-order chi connectivity index (χ1) is 11.1. The van der Waals surface area contributed by atoms with E-state index in [2.05, 4.69) is 5.32 Å². The molecule has 2 aromatic rings. The number of benzene rings is 1. The van der Waals surface area contributed by atoms with Crippen LogP contribution in [0.2, 0.25) is 0 Å².